The Labute approximate surface area is 162 Å². The summed E-state index contributed by atoms with van der Waals surface area (Å²) >= 11 is 0. The van der Waals surface area contributed by atoms with Gasteiger partial charge in [-0.3, -0.25) is 4.79 Å². The van der Waals surface area contributed by atoms with Crippen LogP contribution in [0.15, 0.2) is 30.6 Å². The van der Waals surface area contributed by atoms with Gasteiger partial charge in [0.05, 0.1) is 18.4 Å². The number of nitrogens with one attached hydrogen (secondary N) is 2. The van der Waals surface area contributed by atoms with Crippen molar-refractivity contribution in [1.29, 1.82) is 0 Å². The van der Waals surface area contributed by atoms with Crippen LogP contribution in [0.2, 0.25) is 0 Å². The van der Waals surface area contributed by atoms with Crippen LogP contribution in [0.5, 0.6) is 5.75 Å². The van der Waals surface area contributed by atoms with Gasteiger partial charge in [0.15, 0.2) is 11.6 Å². The molecule has 1 aliphatic rings. The van der Waals surface area contributed by atoms with Gasteiger partial charge in [0.2, 0.25) is 0 Å². The fourth-order valence-corrected chi connectivity index (χ4v) is 3.37. The number of carbonyl (C=O) groups excluding carboxylic acids is 1. The number of aromatic nitrogens is 4. The van der Waals surface area contributed by atoms with Gasteiger partial charge in [0.1, 0.15) is 11.4 Å². The summed E-state index contributed by atoms with van der Waals surface area (Å²) in [5.74, 6) is 1.33. The minimum atomic E-state index is -0.317. The van der Waals surface area contributed by atoms with Crippen molar-refractivity contribution < 1.29 is 9.53 Å². The number of rotatable bonds is 4. The van der Waals surface area contributed by atoms with Crippen LogP contribution in [-0.4, -0.2) is 58.3 Å². The zero-order valence-electron chi connectivity index (χ0n) is 16.1. The lowest BCUT2D eigenvalue weighted by atomic mass is 10.2. The Morgan fingerprint density at radius 3 is 2.89 bits per heavy atom. The molecule has 1 fully saturated rings. The topological polar surface area (TPSA) is 96.7 Å². The Balaban J connectivity index is 1.52. The molecule has 3 aromatic heterocycles. The molecule has 4 rings (SSSR count). The fraction of sp³-hybridized carbons (Fsp3) is 0.368. The molecule has 3 aromatic rings. The maximum absolute atomic E-state index is 12.8. The molecule has 0 unspecified atom stereocenters. The Kier molecular flexibility index (Phi) is 4.82. The van der Waals surface area contributed by atoms with Crippen LogP contribution < -0.4 is 20.3 Å². The minimum absolute atomic E-state index is 0.317. The van der Waals surface area contributed by atoms with E-state index in [0.717, 1.165) is 36.8 Å². The van der Waals surface area contributed by atoms with E-state index in [1.807, 2.05) is 19.2 Å². The number of methoxy groups -OCH3 is 1. The number of carbonyl (C=O) groups is 1. The van der Waals surface area contributed by atoms with E-state index in [-0.39, 0.29) is 5.91 Å². The van der Waals surface area contributed by atoms with E-state index < -0.39 is 0 Å². The van der Waals surface area contributed by atoms with Crippen molar-refractivity contribution in [3.8, 4) is 5.75 Å². The average Bonchev–Trinajstić information content (AvgIpc) is 3.06. The number of imidazole rings is 1. The zero-order chi connectivity index (χ0) is 19.7. The van der Waals surface area contributed by atoms with Gasteiger partial charge in [-0.05, 0) is 26.0 Å². The highest BCUT2D eigenvalue weighted by Crippen LogP contribution is 2.22. The summed E-state index contributed by atoms with van der Waals surface area (Å²) in [6.07, 6.45) is 3.56. The van der Waals surface area contributed by atoms with Crippen molar-refractivity contribution in [3.05, 3.63) is 41.9 Å². The number of anilines is 2. The lowest BCUT2D eigenvalue weighted by Crippen LogP contribution is -2.49. The zero-order valence-corrected chi connectivity index (χ0v) is 16.1. The summed E-state index contributed by atoms with van der Waals surface area (Å²) in [5, 5.41) is 14.6. The second-order valence-electron chi connectivity index (χ2n) is 6.94. The smallest absolute Gasteiger partial charge is 0.262 e. The van der Waals surface area contributed by atoms with Crippen molar-refractivity contribution in [3.63, 3.8) is 0 Å². The molecule has 1 amide bonds. The molecular weight excluding hydrogens is 358 g/mol. The number of aryl methyl sites for hydroxylation is 1. The first-order valence-corrected chi connectivity index (χ1v) is 9.20. The molecule has 0 aliphatic carbocycles. The largest absolute Gasteiger partial charge is 0.496 e. The molecule has 9 heteroatoms. The summed E-state index contributed by atoms with van der Waals surface area (Å²) < 4.78 is 7.17. The van der Waals surface area contributed by atoms with Gasteiger partial charge < -0.3 is 24.7 Å². The van der Waals surface area contributed by atoms with Gasteiger partial charge in [0, 0.05) is 44.1 Å². The maximum atomic E-state index is 12.8. The number of nitrogens with zero attached hydrogens (tertiary/aromatic N) is 5. The van der Waals surface area contributed by atoms with Crippen molar-refractivity contribution in [2.45, 2.75) is 19.9 Å². The quantitative estimate of drug-likeness (QED) is 0.707. The number of piperazine rings is 1. The highest BCUT2D eigenvalue weighted by Gasteiger charge is 2.19. The first-order valence-electron chi connectivity index (χ1n) is 9.20. The predicted molar refractivity (Wildman–Crippen MR) is 106 cm³/mol. The van der Waals surface area contributed by atoms with Crippen LogP contribution in [-0.2, 0) is 0 Å². The summed E-state index contributed by atoms with van der Waals surface area (Å²) in [4.78, 5) is 19.3. The molecular formula is C19H23N7O2. The number of ether oxygens (including phenoxy) is 1. The SMILES string of the molecule is COc1cc2nc(C)cn2cc1C(=O)Nc1ccc(N2CCN[C@@H](C)C2)nn1. The van der Waals surface area contributed by atoms with Crippen molar-refractivity contribution in [2.75, 3.05) is 37.0 Å². The van der Waals surface area contributed by atoms with E-state index in [1.165, 1.54) is 7.11 Å². The molecule has 9 nitrogen and oxygen atoms in total. The van der Waals surface area contributed by atoms with Crippen LogP contribution in [0.25, 0.3) is 5.65 Å². The molecule has 2 N–H and O–H groups in total. The van der Waals surface area contributed by atoms with E-state index in [4.69, 9.17) is 4.74 Å². The fourth-order valence-electron chi connectivity index (χ4n) is 3.37. The summed E-state index contributed by atoms with van der Waals surface area (Å²) in [6, 6.07) is 5.78. The summed E-state index contributed by atoms with van der Waals surface area (Å²) in [6.45, 7) is 6.71. The Bertz CT molecular complexity index is 999. The second kappa shape index (κ2) is 7.43. The van der Waals surface area contributed by atoms with Gasteiger partial charge in [-0.2, -0.15) is 0 Å². The molecule has 0 aromatic carbocycles. The third kappa shape index (κ3) is 3.61. The molecule has 1 aliphatic heterocycles. The van der Waals surface area contributed by atoms with Gasteiger partial charge >= 0.3 is 0 Å². The van der Waals surface area contributed by atoms with Crippen LogP contribution >= 0.6 is 0 Å². The van der Waals surface area contributed by atoms with E-state index in [1.54, 1.807) is 22.7 Å². The number of hydrogen-bond donors (Lipinski definition) is 2. The maximum Gasteiger partial charge on any atom is 0.262 e. The standard InChI is InChI=1S/C19H23N7O2/c1-12-9-25(7-6-20-12)17-5-4-16(23-24-17)22-19(27)14-11-26-10-13(2)21-18(26)8-15(14)28-3/h4-5,8,10-12,20H,6-7,9H2,1-3H3,(H,22,23,27)/t12-/m0/s1. The molecule has 0 bridgehead atoms. The van der Waals surface area contributed by atoms with E-state index in [9.17, 15) is 4.79 Å². The van der Waals surface area contributed by atoms with Crippen molar-refractivity contribution in [2.24, 2.45) is 0 Å². The molecule has 0 saturated carbocycles. The molecule has 0 radical (unpaired) electrons. The Morgan fingerprint density at radius 1 is 1.32 bits per heavy atom. The molecule has 28 heavy (non-hydrogen) atoms. The highest BCUT2D eigenvalue weighted by atomic mass is 16.5. The predicted octanol–water partition coefficient (Wildman–Crippen LogP) is 1.49. The molecule has 1 atom stereocenters. The Hall–Kier alpha value is -3.20. The normalized spacial score (nSPS) is 17.0. The van der Waals surface area contributed by atoms with Crippen LogP contribution in [0, 0.1) is 6.92 Å². The van der Waals surface area contributed by atoms with Gasteiger partial charge in [-0.15, -0.1) is 10.2 Å². The highest BCUT2D eigenvalue weighted by molar-refractivity contribution is 6.05. The van der Waals surface area contributed by atoms with Crippen LogP contribution in [0.3, 0.4) is 0 Å². The summed E-state index contributed by atoms with van der Waals surface area (Å²) in [7, 11) is 1.53. The third-order valence-corrected chi connectivity index (χ3v) is 4.72. The number of fused-ring (bicyclic) bond motifs is 1. The van der Waals surface area contributed by atoms with Gasteiger partial charge in [-0.1, -0.05) is 0 Å². The molecule has 4 heterocycles. The second-order valence-corrected chi connectivity index (χ2v) is 6.94. The first kappa shape index (κ1) is 18.2. The molecule has 1 saturated heterocycles. The van der Waals surface area contributed by atoms with Gasteiger partial charge in [-0.25, -0.2) is 4.98 Å². The Morgan fingerprint density at radius 2 is 2.18 bits per heavy atom. The first-order chi connectivity index (χ1) is 13.5. The minimum Gasteiger partial charge on any atom is -0.496 e. The van der Waals surface area contributed by atoms with Crippen molar-refractivity contribution >= 4 is 23.2 Å². The van der Waals surface area contributed by atoms with E-state index >= 15 is 0 Å². The molecule has 146 valence electrons. The number of amides is 1. The lowest BCUT2D eigenvalue weighted by Gasteiger charge is -2.32. The number of pyridine rings is 1. The third-order valence-electron chi connectivity index (χ3n) is 4.72. The lowest BCUT2D eigenvalue weighted by molar-refractivity contribution is 0.102. The number of hydrogen-bond acceptors (Lipinski definition) is 7. The van der Waals surface area contributed by atoms with Gasteiger partial charge in [0.25, 0.3) is 5.91 Å². The van der Waals surface area contributed by atoms with Crippen LogP contribution in [0.1, 0.15) is 23.0 Å². The van der Waals surface area contributed by atoms with E-state index in [0.29, 0.717) is 23.2 Å². The van der Waals surface area contributed by atoms with E-state index in [2.05, 4.69) is 37.6 Å². The van der Waals surface area contributed by atoms with Crippen LogP contribution in [0.4, 0.5) is 11.6 Å². The average molecular weight is 381 g/mol. The molecule has 0 spiro atoms. The van der Waals surface area contributed by atoms with Crippen molar-refractivity contribution in [1.82, 2.24) is 24.9 Å². The summed E-state index contributed by atoms with van der Waals surface area (Å²) in [5.41, 5.74) is 1.98. The monoisotopic (exact) mass is 381 g/mol.